The highest BCUT2D eigenvalue weighted by Gasteiger charge is 2.21. The van der Waals surface area contributed by atoms with Crippen LogP contribution in [0.4, 0.5) is 0 Å². The van der Waals surface area contributed by atoms with Gasteiger partial charge in [0.15, 0.2) is 0 Å². The molecule has 2 heterocycles. The van der Waals surface area contributed by atoms with E-state index in [0.29, 0.717) is 6.10 Å². The minimum absolute atomic E-state index is 0.395. The van der Waals surface area contributed by atoms with Crippen molar-refractivity contribution in [1.82, 2.24) is 20.0 Å². The van der Waals surface area contributed by atoms with Crippen LogP contribution in [0.2, 0.25) is 0 Å². The van der Waals surface area contributed by atoms with Crippen LogP contribution in [0.3, 0.4) is 0 Å². The smallest absolute Gasteiger partial charge is 0.0826 e. The van der Waals surface area contributed by atoms with Crippen molar-refractivity contribution in [3.8, 4) is 0 Å². The molecule has 106 valence electrons. The third kappa shape index (κ3) is 4.82. The molecular formula is C13H28N4O. The molecule has 2 aliphatic rings. The Labute approximate surface area is 111 Å². The Morgan fingerprint density at radius 3 is 2.50 bits per heavy atom. The molecule has 0 spiro atoms. The number of nitrogens with zero attached hydrogens (tertiary/aromatic N) is 3. The molecule has 0 saturated carbocycles. The molecule has 0 aromatic heterocycles. The zero-order valence-electron chi connectivity index (χ0n) is 11.9. The molecule has 2 aliphatic heterocycles. The lowest BCUT2D eigenvalue weighted by Crippen LogP contribution is -2.52. The molecule has 5 heteroatoms. The maximum absolute atomic E-state index is 5.76. The summed E-state index contributed by atoms with van der Waals surface area (Å²) in [5.41, 5.74) is 0. The summed E-state index contributed by atoms with van der Waals surface area (Å²) in [5, 5.41) is 3.40. The van der Waals surface area contributed by atoms with Gasteiger partial charge in [0, 0.05) is 58.9 Å². The number of morpholine rings is 1. The third-order valence-electron chi connectivity index (χ3n) is 3.79. The molecule has 0 aliphatic carbocycles. The minimum Gasteiger partial charge on any atom is -0.374 e. The van der Waals surface area contributed by atoms with Crippen LogP contribution in [0.5, 0.6) is 0 Å². The van der Waals surface area contributed by atoms with E-state index in [1.807, 2.05) is 0 Å². The largest absolute Gasteiger partial charge is 0.374 e. The number of hydrogen-bond acceptors (Lipinski definition) is 5. The van der Waals surface area contributed by atoms with Crippen LogP contribution < -0.4 is 5.32 Å². The monoisotopic (exact) mass is 256 g/mol. The summed E-state index contributed by atoms with van der Waals surface area (Å²) in [6.45, 7) is 11.1. The van der Waals surface area contributed by atoms with Gasteiger partial charge in [-0.1, -0.05) is 0 Å². The molecule has 5 nitrogen and oxygen atoms in total. The average molecular weight is 256 g/mol. The molecular weight excluding hydrogens is 228 g/mol. The van der Waals surface area contributed by atoms with Gasteiger partial charge in [0.05, 0.1) is 12.7 Å². The summed E-state index contributed by atoms with van der Waals surface area (Å²) in [6.07, 6.45) is 0.395. The second-order valence-corrected chi connectivity index (χ2v) is 5.64. The summed E-state index contributed by atoms with van der Waals surface area (Å²) >= 11 is 0. The zero-order chi connectivity index (χ0) is 12.8. The van der Waals surface area contributed by atoms with E-state index < -0.39 is 0 Å². The van der Waals surface area contributed by atoms with Gasteiger partial charge in [-0.2, -0.15) is 0 Å². The Balaban J connectivity index is 1.60. The molecule has 1 unspecified atom stereocenters. The summed E-state index contributed by atoms with van der Waals surface area (Å²) in [6, 6.07) is 0. The molecule has 0 amide bonds. The lowest BCUT2D eigenvalue weighted by molar-refractivity contribution is -0.00422. The number of nitrogens with one attached hydrogen (secondary N) is 1. The highest BCUT2D eigenvalue weighted by Crippen LogP contribution is 2.05. The van der Waals surface area contributed by atoms with Crippen molar-refractivity contribution >= 4 is 0 Å². The molecule has 0 bridgehead atoms. The molecule has 0 aromatic carbocycles. The van der Waals surface area contributed by atoms with Crippen molar-refractivity contribution in [1.29, 1.82) is 0 Å². The van der Waals surface area contributed by atoms with Crippen molar-refractivity contribution in [2.24, 2.45) is 0 Å². The van der Waals surface area contributed by atoms with Crippen LogP contribution >= 0.6 is 0 Å². The Bertz CT molecular complexity index is 223. The Morgan fingerprint density at radius 1 is 1.17 bits per heavy atom. The molecule has 0 aromatic rings. The predicted molar refractivity (Wildman–Crippen MR) is 74.0 cm³/mol. The topological polar surface area (TPSA) is 31.0 Å². The van der Waals surface area contributed by atoms with Gasteiger partial charge < -0.3 is 15.0 Å². The molecule has 18 heavy (non-hydrogen) atoms. The lowest BCUT2D eigenvalue weighted by atomic mass is 10.2. The third-order valence-corrected chi connectivity index (χ3v) is 3.79. The first-order valence-electron chi connectivity index (χ1n) is 7.16. The fourth-order valence-electron chi connectivity index (χ4n) is 2.56. The van der Waals surface area contributed by atoms with E-state index in [2.05, 4.69) is 34.1 Å². The fraction of sp³-hybridized carbons (Fsp3) is 1.00. The second-order valence-electron chi connectivity index (χ2n) is 5.64. The first-order chi connectivity index (χ1) is 8.74. The molecule has 2 fully saturated rings. The van der Waals surface area contributed by atoms with Gasteiger partial charge in [-0.15, -0.1) is 0 Å². The predicted octanol–water partition coefficient (Wildman–Crippen LogP) is -0.846. The normalized spacial score (nSPS) is 27.8. The Morgan fingerprint density at radius 2 is 1.89 bits per heavy atom. The first kappa shape index (κ1) is 14.2. The summed E-state index contributed by atoms with van der Waals surface area (Å²) in [5.74, 6) is 0. The van der Waals surface area contributed by atoms with Gasteiger partial charge >= 0.3 is 0 Å². The summed E-state index contributed by atoms with van der Waals surface area (Å²) in [7, 11) is 4.29. The SMILES string of the molecule is CN(C)CCN1CCN(CC2CNCCO2)CC1. The highest BCUT2D eigenvalue weighted by atomic mass is 16.5. The van der Waals surface area contributed by atoms with Crippen molar-refractivity contribution in [2.75, 3.05) is 79.6 Å². The average Bonchev–Trinajstić information content (AvgIpc) is 2.39. The minimum atomic E-state index is 0.395. The zero-order valence-corrected chi connectivity index (χ0v) is 11.9. The van der Waals surface area contributed by atoms with Gasteiger partial charge in [0.25, 0.3) is 0 Å². The Kier molecular flexibility index (Phi) is 5.85. The van der Waals surface area contributed by atoms with Gasteiger partial charge in [-0.3, -0.25) is 9.80 Å². The van der Waals surface area contributed by atoms with Gasteiger partial charge in [0.1, 0.15) is 0 Å². The maximum Gasteiger partial charge on any atom is 0.0826 e. The van der Waals surface area contributed by atoms with Crippen LogP contribution in [0.15, 0.2) is 0 Å². The number of piperazine rings is 1. The molecule has 0 radical (unpaired) electrons. The number of likely N-dealkylation sites (N-methyl/N-ethyl adjacent to an activating group) is 1. The number of hydrogen-bond donors (Lipinski definition) is 1. The molecule has 2 rings (SSSR count). The van der Waals surface area contributed by atoms with E-state index in [1.165, 1.54) is 32.7 Å². The summed E-state index contributed by atoms with van der Waals surface area (Å²) < 4.78 is 5.76. The van der Waals surface area contributed by atoms with E-state index in [4.69, 9.17) is 4.74 Å². The van der Waals surface area contributed by atoms with Crippen LogP contribution in [-0.2, 0) is 4.74 Å². The van der Waals surface area contributed by atoms with Crippen molar-refractivity contribution < 1.29 is 4.74 Å². The quantitative estimate of drug-likeness (QED) is 0.693. The van der Waals surface area contributed by atoms with Crippen LogP contribution in [0.1, 0.15) is 0 Å². The Hall–Kier alpha value is -0.200. The van der Waals surface area contributed by atoms with Gasteiger partial charge in [0.2, 0.25) is 0 Å². The van der Waals surface area contributed by atoms with Crippen LogP contribution in [-0.4, -0.2) is 100 Å². The van der Waals surface area contributed by atoms with Crippen molar-refractivity contribution in [2.45, 2.75) is 6.10 Å². The molecule has 1 atom stereocenters. The van der Waals surface area contributed by atoms with Crippen molar-refractivity contribution in [3.63, 3.8) is 0 Å². The van der Waals surface area contributed by atoms with E-state index in [9.17, 15) is 0 Å². The van der Waals surface area contributed by atoms with E-state index >= 15 is 0 Å². The van der Waals surface area contributed by atoms with Crippen molar-refractivity contribution in [3.05, 3.63) is 0 Å². The van der Waals surface area contributed by atoms with E-state index in [0.717, 1.165) is 32.8 Å². The van der Waals surface area contributed by atoms with Crippen LogP contribution in [0, 0.1) is 0 Å². The van der Waals surface area contributed by atoms with E-state index in [-0.39, 0.29) is 0 Å². The fourth-order valence-corrected chi connectivity index (χ4v) is 2.56. The highest BCUT2D eigenvalue weighted by molar-refractivity contribution is 4.77. The lowest BCUT2D eigenvalue weighted by Gasteiger charge is -2.37. The van der Waals surface area contributed by atoms with Gasteiger partial charge in [-0.05, 0) is 14.1 Å². The van der Waals surface area contributed by atoms with Gasteiger partial charge in [-0.25, -0.2) is 0 Å². The standard InChI is InChI=1S/C13H28N4O/c1-15(2)4-5-16-6-8-17(9-7-16)12-13-11-14-3-10-18-13/h13-14H,3-12H2,1-2H3. The molecule has 1 N–H and O–H groups in total. The molecule has 2 saturated heterocycles. The number of ether oxygens (including phenoxy) is 1. The summed E-state index contributed by atoms with van der Waals surface area (Å²) in [4.78, 5) is 7.37. The van der Waals surface area contributed by atoms with Crippen LogP contribution in [0.25, 0.3) is 0 Å². The maximum atomic E-state index is 5.76. The first-order valence-corrected chi connectivity index (χ1v) is 7.16. The second kappa shape index (κ2) is 7.40. The number of rotatable bonds is 5. The van der Waals surface area contributed by atoms with E-state index in [1.54, 1.807) is 0 Å².